The van der Waals surface area contributed by atoms with E-state index < -0.39 is 0 Å². The van der Waals surface area contributed by atoms with Gasteiger partial charge in [-0.1, -0.05) is 15.9 Å². The minimum absolute atomic E-state index is 0.510. The number of halogens is 2. The molecule has 1 aromatic heterocycles. The summed E-state index contributed by atoms with van der Waals surface area (Å²) in [4.78, 5) is 0.546. The minimum Gasteiger partial charge on any atom is -0.691 e. The molecule has 0 fully saturated rings. The highest BCUT2D eigenvalue weighted by Gasteiger charge is 2.10. The van der Waals surface area contributed by atoms with Gasteiger partial charge in [-0.3, -0.25) is 0 Å². The van der Waals surface area contributed by atoms with Gasteiger partial charge in [0.05, 0.1) is 9.69 Å². The number of H-pyrrole nitrogens is 1. The summed E-state index contributed by atoms with van der Waals surface area (Å²) in [6.45, 7) is 0. The molecule has 1 aromatic carbocycles. The van der Waals surface area contributed by atoms with E-state index in [-0.39, 0.29) is 0 Å². The van der Waals surface area contributed by atoms with Gasteiger partial charge in [-0.2, -0.15) is 0 Å². The second kappa shape index (κ2) is 2.70. The Morgan fingerprint density at radius 2 is 2.17 bits per heavy atom. The molecule has 0 unspecified atom stereocenters. The standard InChI is InChI=1S/C6H3Br2N3O/c7-3-1-4(8)6-5(2-3)11(12)10-9-6/h1-2,9H. The number of nitrogens with zero attached hydrogens (tertiary/aromatic N) is 2. The van der Waals surface area contributed by atoms with Gasteiger partial charge in [0.1, 0.15) is 0 Å². The maximum absolute atomic E-state index is 11.0. The van der Waals surface area contributed by atoms with E-state index in [1.807, 2.05) is 6.07 Å². The molecule has 0 aliphatic carbocycles. The van der Waals surface area contributed by atoms with E-state index in [9.17, 15) is 5.21 Å². The quantitative estimate of drug-likeness (QED) is 0.594. The molecule has 0 aliphatic heterocycles. The van der Waals surface area contributed by atoms with Gasteiger partial charge in [0.25, 0.3) is 0 Å². The highest BCUT2D eigenvalue weighted by Crippen LogP contribution is 2.24. The van der Waals surface area contributed by atoms with Crippen molar-refractivity contribution in [2.75, 3.05) is 0 Å². The number of benzene rings is 1. The molecule has 0 bridgehead atoms. The SMILES string of the molecule is [O-][n+]1n[nH]c2c(Br)cc(Br)cc21. The summed E-state index contributed by atoms with van der Waals surface area (Å²) in [5.74, 6) is 0. The molecule has 6 heteroatoms. The van der Waals surface area contributed by atoms with E-state index >= 15 is 0 Å². The predicted molar refractivity (Wildman–Crippen MR) is 50.5 cm³/mol. The number of aromatic nitrogens is 3. The Labute approximate surface area is 84.4 Å². The van der Waals surface area contributed by atoms with E-state index in [2.05, 4.69) is 42.2 Å². The zero-order valence-corrected chi connectivity index (χ0v) is 8.89. The summed E-state index contributed by atoms with van der Waals surface area (Å²) in [6, 6.07) is 3.55. The molecule has 1 heterocycles. The molecular weight excluding hydrogens is 290 g/mol. The number of hydrogen-bond acceptors (Lipinski definition) is 2. The van der Waals surface area contributed by atoms with E-state index in [1.165, 1.54) is 0 Å². The summed E-state index contributed by atoms with van der Waals surface area (Å²) in [5, 5.41) is 17.1. The molecule has 0 amide bonds. The predicted octanol–water partition coefficient (Wildman–Crippen LogP) is 1.72. The molecule has 0 radical (unpaired) electrons. The normalized spacial score (nSPS) is 10.8. The number of rotatable bonds is 0. The van der Waals surface area contributed by atoms with Crippen molar-refractivity contribution in [2.24, 2.45) is 0 Å². The molecular formula is C6H3Br2N3O. The van der Waals surface area contributed by atoms with Gasteiger partial charge in [0.2, 0.25) is 11.0 Å². The Morgan fingerprint density at radius 1 is 1.42 bits per heavy atom. The van der Waals surface area contributed by atoms with E-state index in [0.717, 1.165) is 8.95 Å². The van der Waals surface area contributed by atoms with Crippen LogP contribution >= 0.6 is 31.9 Å². The van der Waals surface area contributed by atoms with Crippen LogP contribution in [0.5, 0.6) is 0 Å². The fourth-order valence-corrected chi connectivity index (χ4v) is 2.26. The van der Waals surface area contributed by atoms with Crippen LogP contribution in [0.15, 0.2) is 21.1 Å². The Hall–Kier alpha value is -0.620. The van der Waals surface area contributed by atoms with Crippen LogP contribution in [0, 0.1) is 5.21 Å². The third kappa shape index (κ3) is 1.11. The lowest BCUT2D eigenvalue weighted by Gasteiger charge is -1.94. The van der Waals surface area contributed by atoms with Crippen LogP contribution in [-0.2, 0) is 0 Å². The average molecular weight is 293 g/mol. The van der Waals surface area contributed by atoms with Crippen LogP contribution in [0.3, 0.4) is 0 Å². The van der Waals surface area contributed by atoms with Crippen molar-refractivity contribution in [3.05, 3.63) is 26.3 Å². The summed E-state index contributed by atoms with van der Waals surface area (Å²) < 4.78 is 1.65. The van der Waals surface area contributed by atoms with Crippen LogP contribution in [-0.4, -0.2) is 10.3 Å². The average Bonchev–Trinajstić information content (AvgIpc) is 2.33. The molecule has 1 N–H and O–H groups in total. The molecule has 0 saturated heterocycles. The molecule has 12 heavy (non-hydrogen) atoms. The fraction of sp³-hybridized carbons (Fsp3) is 0. The first kappa shape index (κ1) is 8.00. The molecule has 0 aliphatic rings. The van der Waals surface area contributed by atoms with Gasteiger partial charge in [-0.15, -0.1) is 9.94 Å². The van der Waals surface area contributed by atoms with Crippen molar-refractivity contribution in [1.29, 1.82) is 0 Å². The number of fused-ring (bicyclic) bond motifs is 1. The number of aromatic amines is 1. The van der Waals surface area contributed by atoms with Crippen molar-refractivity contribution in [3.8, 4) is 0 Å². The lowest BCUT2D eigenvalue weighted by molar-refractivity contribution is -0.644. The number of nitrogens with one attached hydrogen (secondary N) is 1. The molecule has 62 valence electrons. The summed E-state index contributed by atoms with van der Waals surface area (Å²) in [6.07, 6.45) is 0. The van der Waals surface area contributed by atoms with Crippen molar-refractivity contribution in [3.63, 3.8) is 0 Å². The van der Waals surface area contributed by atoms with Crippen LogP contribution in [0.2, 0.25) is 0 Å². The van der Waals surface area contributed by atoms with Crippen LogP contribution in [0.4, 0.5) is 0 Å². The van der Waals surface area contributed by atoms with Gasteiger partial charge in [-0.05, 0) is 22.0 Å². The van der Waals surface area contributed by atoms with Crippen LogP contribution in [0.1, 0.15) is 0 Å². The second-order valence-corrected chi connectivity index (χ2v) is 4.04. The maximum Gasteiger partial charge on any atom is 0.210 e. The third-order valence-electron chi connectivity index (χ3n) is 1.49. The van der Waals surface area contributed by atoms with Crippen LogP contribution < -0.4 is 4.85 Å². The van der Waals surface area contributed by atoms with E-state index in [0.29, 0.717) is 15.9 Å². The first-order valence-corrected chi connectivity index (χ1v) is 4.70. The van der Waals surface area contributed by atoms with Crippen molar-refractivity contribution in [2.45, 2.75) is 0 Å². The number of hydrogen-bond donors (Lipinski definition) is 1. The Kier molecular flexibility index (Phi) is 1.80. The molecule has 0 atom stereocenters. The molecule has 2 rings (SSSR count). The van der Waals surface area contributed by atoms with Gasteiger partial charge in [0, 0.05) is 10.5 Å². The highest BCUT2D eigenvalue weighted by molar-refractivity contribution is 9.11. The highest BCUT2D eigenvalue weighted by atomic mass is 79.9. The van der Waals surface area contributed by atoms with E-state index in [1.54, 1.807) is 6.07 Å². The third-order valence-corrected chi connectivity index (χ3v) is 2.58. The fourth-order valence-electron chi connectivity index (χ4n) is 0.971. The van der Waals surface area contributed by atoms with Crippen LogP contribution in [0.25, 0.3) is 11.0 Å². The second-order valence-electron chi connectivity index (χ2n) is 2.27. The van der Waals surface area contributed by atoms with Crippen molar-refractivity contribution >= 4 is 42.9 Å². The van der Waals surface area contributed by atoms with E-state index in [4.69, 9.17) is 0 Å². The Bertz CT molecular complexity index is 440. The largest absolute Gasteiger partial charge is 0.691 e. The Balaban J connectivity index is 2.92. The first-order chi connectivity index (χ1) is 5.68. The van der Waals surface area contributed by atoms with Gasteiger partial charge >= 0.3 is 0 Å². The first-order valence-electron chi connectivity index (χ1n) is 3.11. The Morgan fingerprint density at radius 3 is 2.92 bits per heavy atom. The van der Waals surface area contributed by atoms with Crippen molar-refractivity contribution in [1.82, 2.24) is 10.3 Å². The molecule has 0 saturated carbocycles. The lowest BCUT2D eigenvalue weighted by atomic mass is 10.3. The summed E-state index contributed by atoms with van der Waals surface area (Å²) in [7, 11) is 0. The summed E-state index contributed by atoms with van der Waals surface area (Å²) >= 11 is 6.59. The monoisotopic (exact) mass is 291 g/mol. The molecule has 2 aromatic rings. The minimum atomic E-state index is 0.510. The zero-order chi connectivity index (χ0) is 8.72. The van der Waals surface area contributed by atoms with Crippen molar-refractivity contribution < 1.29 is 4.85 Å². The topological polar surface area (TPSA) is 55.6 Å². The zero-order valence-electron chi connectivity index (χ0n) is 5.71. The van der Waals surface area contributed by atoms with Gasteiger partial charge < -0.3 is 5.21 Å². The molecule has 0 spiro atoms. The summed E-state index contributed by atoms with van der Waals surface area (Å²) in [5.41, 5.74) is 1.21. The van der Waals surface area contributed by atoms with Gasteiger partial charge in [0.15, 0.2) is 0 Å². The smallest absolute Gasteiger partial charge is 0.210 e. The maximum atomic E-state index is 11.0. The molecule has 4 nitrogen and oxygen atoms in total. The lowest BCUT2D eigenvalue weighted by Crippen LogP contribution is -2.27. The van der Waals surface area contributed by atoms with Gasteiger partial charge in [-0.25, -0.2) is 0 Å².